The summed E-state index contributed by atoms with van der Waals surface area (Å²) < 4.78 is 0. The third-order valence-electron chi connectivity index (χ3n) is 5.05. The molecule has 3 heterocycles. The van der Waals surface area contributed by atoms with Crippen LogP contribution in [0.15, 0.2) is 0 Å². The van der Waals surface area contributed by atoms with Gasteiger partial charge in [-0.05, 0) is 44.8 Å². The number of likely N-dealkylation sites (tertiary alicyclic amines) is 2. The number of nitrogens with one attached hydrogen (secondary N) is 1. The predicted molar refractivity (Wildman–Crippen MR) is 71.2 cm³/mol. The minimum Gasteiger partial charge on any atom is -0.315 e. The van der Waals surface area contributed by atoms with Gasteiger partial charge in [0.05, 0.1) is 0 Å². The lowest BCUT2D eigenvalue weighted by molar-refractivity contribution is 0.147. The fourth-order valence-electron chi connectivity index (χ4n) is 3.94. The molecule has 0 spiro atoms. The van der Waals surface area contributed by atoms with E-state index in [1.165, 1.54) is 65.0 Å². The van der Waals surface area contributed by atoms with Crippen LogP contribution in [-0.4, -0.2) is 61.2 Å². The maximum absolute atomic E-state index is 3.54. The molecule has 3 rings (SSSR count). The van der Waals surface area contributed by atoms with E-state index in [1.54, 1.807) is 0 Å². The van der Waals surface area contributed by atoms with Gasteiger partial charge in [-0.3, -0.25) is 9.80 Å². The van der Waals surface area contributed by atoms with Crippen molar-refractivity contribution in [2.45, 2.75) is 44.7 Å². The minimum atomic E-state index is 0.810. The number of piperidine rings is 1. The van der Waals surface area contributed by atoms with Crippen LogP contribution in [0.2, 0.25) is 0 Å². The molecule has 3 nitrogen and oxygen atoms in total. The zero-order chi connectivity index (χ0) is 11.7. The van der Waals surface area contributed by atoms with Crippen molar-refractivity contribution in [3.8, 4) is 0 Å². The fraction of sp³-hybridized carbons (Fsp3) is 1.00. The van der Waals surface area contributed by atoms with Crippen LogP contribution in [0, 0.1) is 5.92 Å². The molecule has 3 aliphatic rings. The smallest absolute Gasteiger partial charge is 0.0258 e. The largest absolute Gasteiger partial charge is 0.315 e. The normalized spacial score (nSPS) is 41.1. The van der Waals surface area contributed by atoms with E-state index in [0.717, 1.165) is 18.0 Å². The Kier molecular flexibility index (Phi) is 3.69. The summed E-state index contributed by atoms with van der Waals surface area (Å²) in [6.45, 7) is 10.2. The first kappa shape index (κ1) is 11.9. The Balaban J connectivity index is 1.54. The zero-order valence-electron chi connectivity index (χ0n) is 11.2. The third kappa shape index (κ3) is 2.51. The topological polar surface area (TPSA) is 18.5 Å². The fourth-order valence-corrected chi connectivity index (χ4v) is 3.94. The minimum absolute atomic E-state index is 0.810. The van der Waals surface area contributed by atoms with Gasteiger partial charge in [-0.25, -0.2) is 0 Å². The first-order valence-electron chi connectivity index (χ1n) is 7.53. The molecule has 98 valence electrons. The molecule has 0 aliphatic carbocycles. The second-order valence-corrected chi connectivity index (χ2v) is 6.24. The average Bonchev–Trinajstić information content (AvgIpc) is 2.98. The van der Waals surface area contributed by atoms with E-state index >= 15 is 0 Å². The van der Waals surface area contributed by atoms with E-state index in [-0.39, 0.29) is 0 Å². The van der Waals surface area contributed by atoms with E-state index in [1.807, 2.05) is 0 Å². The van der Waals surface area contributed by atoms with Gasteiger partial charge in [0.25, 0.3) is 0 Å². The first-order chi connectivity index (χ1) is 8.34. The Labute approximate surface area is 106 Å². The van der Waals surface area contributed by atoms with E-state index in [0.29, 0.717) is 0 Å². The molecule has 0 aromatic heterocycles. The van der Waals surface area contributed by atoms with Crippen molar-refractivity contribution in [1.82, 2.24) is 15.1 Å². The van der Waals surface area contributed by atoms with Gasteiger partial charge in [-0.2, -0.15) is 0 Å². The van der Waals surface area contributed by atoms with Gasteiger partial charge in [0.1, 0.15) is 0 Å². The lowest BCUT2D eigenvalue weighted by atomic mass is 10.1. The van der Waals surface area contributed by atoms with Crippen molar-refractivity contribution < 1.29 is 0 Å². The molecule has 1 N–H and O–H groups in total. The van der Waals surface area contributed by atoms with Gasteiger partial charge in [0.2, 0.25) is 0 Å². The molecule has 3 heteroatoms. The van der Waals surface area contributed by atoms with Crippen LogP contribution in [0.3, 0.4) is 0 Å². The molecule has 3 aliphatic heterocycles. The van der Waals surface area contributed by atoms with Crippen molar-refractivity contribution >= 4 is 0 Å². The number of hydrogen-bond acceptors (Lipinski definition) is 3. The molecule has 0 aromatic rings. The van der Waals surface area contributed by atoms with Crippen molar-refractivity contribution in [3.63, 3.8) is 0 Å². The molecule has 17 heavy (non-hydrogen) atoms. The molecule has 0 bridgehead atoms. The molecule has 0 aromatic carbocycles. The predicted octanol–water partition coefficient (Wildman–Crippen LogP) is 1.15. The van der Waals surface area contributed by atoms with Gasteiger partial charge in [0.15, 0.2) is 0 Å². The summed E-state index contributed by atoms with van der Waals surface area (Å²) in [7, 11) is 0. The highest BCUT2D eigenvalue weighted by molar-refractivity contribution is 4.93. The van der Waals surface area contributed by atoms with Crippen molar-refractivity contribution in [3.05, 3.63) is 0 Å². The van der Waals surface area contributed by atoms with E-state index in [2.05, 4.69) is 22.0 Å². The summed E-state index contributed by atoms with van der Waals surface area (Å²) in [4.78, 5) is 5.51. The van der Waals surface area contributed by atoms with Crippen LogP contribution >= 0.6 is 0 Å². The van der Waals surface area contributed by atoms with Crippen LogP contribution in [0.1, 0.15) is 32.6 Å². The van der Waals surface area contributed by atoms with E-state index in [9.17, 15) is 0 Å². The number of hydrogen-bond donors (Lipinski definition) is 1. The van der Waals surface area contributed by atoms with Gasteiger partial charge in [-0.15, -0.1) is 0 Å². The second kappa shape index (κ2) is 5.25. The Morgan fingerprint density at radius 1 is 0.941 bits per heavy atom. The molecule has 3 atom stereocenters. The molecule has 3 unspecified atom stereocenters. The summed E-state index contributed by atoms with van der Waals surface area (Å²) in [5.74, 6) is 0.843. The monoisotopic (exact) mass is 237 g/mol. The molecule has 0 saturated carbocycles. The highest BCUT2D eigenvalue weighted by Gasteiger charge is 2.35. The zero-order valence-corrected chi connectivity index (χ0v) is 11.2. The van der Waals surface area contributed by atoms with Crippen molar-refractivity contribution in [2.75, 3.05) is 39.3 Å². The third-order valence-corrected chi connectivity index (χ3v) is 5.05. The van der Waals surface area contributed by atoms with E-state index in [4.69, 9.17) is 0 Å². The standard InChI is InChI=1S/C14H27N3/c1-12-9-15-10-14(12)17-8-5-13(11-17)16-6-3-2-4-7-16/h12-15H,2-11H2,1H3. The number of rotatable bonds is 2. The lowest BCUT2D eigenvalue weighted by Crippen LogP contribution is -2.44. The summed E-state index contributed by atoms with van der Waals surface area (Å²) in [5, 5.41) is 3.54. The maximum atomic E-state index is 3.54. The van der Waals surface area contributed by atoms with Crippen molar-refractivity contribution in [2.24, 2.45) is 5.92 Å². The maximum Gasteiger partial charge on any atom is 0.0258 e. The quantitative estimate of drug-likeness (QED) is 0.777. The average molecular weight is 237 g/mol. The van der Waals surface area contributed by atoms with Crippen LogP contribution < -0.4 is 5.32 Å². The highest BCUT2D eigenvalue weighted by Crippen LogP contribution is 2.25. The van der Waals surface area contributed by atoms with Crippen molar-refractivity contribution in [1.29, 1.82) is 0 Å². The van der Waals surface area contributed by atoms with Crippen LogP contribution in [0.4, 0.5) is 0 Å². The summed E-state index contributed by atoms with van der Waals surface area (Å²) >= 11 is 0. The van der Waals surface area contributed by atoms with E-state index < -0.39 is 0 Å². The summed E-state index contributed by atoms with van der Waals surface area (Å²) in [6.07, 6.45) is 5.72. The Morgan fingerprint density at radius 3 is 2.47 bits per heavy atom. The molecular formula is C14H27N3. The first-order valence-corrected chi connectivity index (χ1v) is 7.53. The summed E-state index contributed by atoms with van der Waals surface area (Å²) in [6, 6.07) is 1.67. The van der Waals surface area contributed by atoms with Gasteiger partial charge >= 0.3 is 0 Å². The number of nitrogens with zero attached hydrogens (tertiary/aromatic N) is 2. The SMILES string of the molecule is CC1CNCC1N1CCC(N2CCCCC2)C1. The Hall–Kier alpha value is -0.120. The molecule has 0 radical (unpaired) electrons. The van der Waals surface area contributed by atoms with Gasteiger partial charge < -0.3 is 5.32 Å². The highest BCUT2D eigenvalue weighted by atomic mass is 15.3. The second-order valence-electron chi connectivity index (χ2n) is 6.24. The van der Waals surface area contributed by atoms with Gasteiger partial charge in [0, 0.05) is 31.7 Å². The van der Waals surface area contributed by atoms with Gasteiger partial charge in [-0.1, -0.05) is 13.3 Å². The lowest BCUT2D eigenvalue weighted by Gasteiger charge is -2.33. The Morgan fingerprint density at radius 2 is 1.76 bits per heavy atom. The Bertz CT molecular complexity index is 250. The molecular weight excluding hydrogens is 210 g/mol. The molecule has 3 saturated heterocycles. The van der Waals surface area contributed by atoms with Crippen LogP contribution in [-0.2, 0) is 0 Å². The van der Waals surface area contributed by atoms with Crippen LogP contribution in [0.25, 0.3) is 0 Å². The van der Waals surface area contributed by atoms with Crippen LogP contribution in [0.5, 0.6) is 0 Å². The molecule has 0 amide bonds. The summed E-state index contributed by atoms with van der Waals surface area (Å²) in [5.41, 5.74) is 0. The molecule has 3 fully saturated rings.